The van der Waals surface area contributed by atoms with Gasteiger partial charge in [0, 0.05) is 26.6 Å². The SMILES string of the molecule is CC(=O)N(CCNS(=O)(=O)c1ccc(C)cc1C)CC(C)C. The van der Waals surface area contributed by atoms with Crippen LogP contribution in [0.1, 0.15) is 31.9 Å². The average molecular weight is 326 g/mol. The van der Waals surface area contributed by atoms with E-state index in [0.29, 0.717) is 19.0 Å². The summed E-state index contributed by atoms with van der Waals surface area (Å²) in [6.07, 6.45) is 0. The maximum absolute atomic E-state index is 12.3. The fraction of sp³-hybridized carbons (Fsp3) is 0.562. The Balaban J connectivity index is 2.71. The molecular weight excluding hydrogens is 300 g/mol. The van der Waals surface area contributed by atoms with Gasteiger partial charge in [-0.3, -0.25) is 4.79 Å². The number of carbonyl (C=O) groups excluding carboxylic acids is 1. The lowest BCUT2D eigenvalue weighted by Crippen LogP contribution is -2.39. The van der Waals surface area contributed by atoms with Crippen LogP contribution in [0.25, 0.3) is 0 Å². The van der Waals surface area contributed by atoms with Crippen LogP contribution in [0.4, 0.5) is 0 Å². The van der Waals surface area contributed by atoms with Crippen molar-refractivity contribution in [2.45, 2.75) is 39.5 Å². The minimum absolute atomic E-state index is 0.0422. The van der Waals surface area contributed by atoms with E-state index >= 15 is 0 Å². The van der Waals surface area contributed by atoms with Gasteiger partial charge < -0.3 is 4.90 Å². The van der Waals surface area contributed by atoms with E-state index in [-0.39, 0.29) is 17.3 Å². The highest BCUT2D eigenvalue weighted by atomic mass is 32.2. The first kappa shape index (κ1) is 18.6. The highest BCUT2D eigenvalue weighted by Crippen LogP contribution is 2.16. The molecule has 1 N–H and O–H groups in total. The largest absolute Gasteiger partial charge is 0.341 e. The van der Waals surface area contributed by atoms with Crippen LogP contribution in [0.3, 0.4) is 0 Å². The Morgan fingerprint density at radius 3 is 2.41 bits per heavy atom. The van der Waals surface area contributed by atoms with Crippen LogP contribution >= 0.6 is 0 Å². The molecule has 0 radical (unpaired) electrons. The zero-order valence-electron chi connectivity index (χ0n) is 14.0. The molecule has 1 rings (SSSR count). The number of hydrogen-bond donors (Lipinski definition) is 1. The summed E-state index contributed by atoms with van der Waals surface area (Å²) in [5.74, 6) is 0.305. The smallest absolute Gasteiger partial charge is 0.240 e. The fourth-order valence-corrected chi connectivity index (χ4v) is 3.56. The standard InChI is InChI=1S/C16H26N2O3S/c1-12(2)11-18(15(5)19)9-8-17-22(20,21)16-7-6-13(3)10-14(16)4/h6-7,10,12,17H,8-9,11H2,1-5H3. The molecule has 1 amide bonds. The van der Waals surface area contributed by atoms with Crippen molar-refractivity contribution in [3.8, 4) is 0 Å². The third-order valence-electron chi connectivity index (χ3n) is 3.32. The number of sulfonamides is 1. The van der Waals surface area contributed by atoms with Gasteiger partial charge in [-0.05, 0) is 31.4 Å². The van der Waals surface area contributed by atoms with Crippen molar-refractivity contribution in [2.75, 3.05) is 19.6 Å². The van der Waals surface area contributed by atoms with Crippen LogP contribution in [0, 0.1) is 19.8 Å². The molecule has 0 unspecified atom stereocenters. The molecule has 5 nitrogen and oxygen atoms in total. The summed E-state index contributed by atoms with van der Waals surface area (Å²) in [5.41, 5.74) is 1.74. The van der Waals surface area contributed by atoms with Crippen molar-refractivity contribution < 1.29 is 13.2 Å². The van der Waals surface area contributed by atoms with E-state index in [0.717, 1.165) is 11.1 Å². The molecule has 0 saturated carbocycles. The number of carbonyl (C=O) groups is 1. The van der Waals surface area contributed by atoms with Crippen LogP contribution in [0.5, 0.6) is 0 Å². The second kappa shape index (κ2) is 7.74. The number of amides is 1. The predicted octanol–water partition coefficient (Wildman–Crippen LogP) is 2.09. The summed E-state index contributed by atoms with van der Waals surface area (Å²) in [6.45, 7) is 10.5. The number of nitrogens with zero attached hydrogens (tertiary/aromatic N) is 1. The van der Waals surface area contributed by atoms with Gasteiger partial charge in [-0.15, -0.1) is 0 Å². The zero-order valence-corrected chi connectivity index (χ0v) is 14.8. The predicted molar refractivity (Wildman–Crippen MR) is 88.2 cm³/mol. The Labute approximate surface area is 133 Å². The van der Waals surface area contributed by atoms with Gasteiger partial charge in [-0.1, -0.05) is 31.5 Å². The van der Waals surface area contributed by atoms with E-state index in [4.69, 9.17) is 0 Å². The fourth-order valence-electron chi connectivity index (χ4n) is 2.31. The lowest BCUT2D eigenvalue weighted by atomic mass is 10.2. The summed E-state index contributed by atoms with van der Waals surface area (Å²) in [6, 6.07) is 5.24. The van der Waals surface area contributed by atoms with Gasteiger partial charge in [-0.2, -0.15) is 0 Å². The number of nitrogens with one attached hydrogen (secondary N) is 1. The quantitative estimate of drug-likeness (QED) is 0.834. The molecule has 124 valence electrons. The van der Waals surface area contributed by atoms with Gasteiger partial charge >= 0.3 is 0 Å². The van der Waals surface area contributed by atoms with E-state index in [1.165, 1.54) is 6.92 Å². The maximum Gasteiger partial charge on any atom is 0.240 e. The molecule has 0 bridgehead atoms. The highest BCUT2D eigenvalue weighted by molar-refractivity contribution is 7.89. The van der Waals surface area contributed by atoms with E-state index in [9.17, 15) is 13.2 Å². The Morgan fingerprint density at radius 1 is 1.27 bits per heavy atom. The molecule has 0 saturated heterocycles. The second-order valence-corrected chi connectivity index (χ2v) is 7.76. The minimum Gasteiger partial charge on any atom is -0.341 e. The van der Waals surface area contributed by atoms with Gasteiger partial charge in [0.25, 0.3) is 0 Å². The Hall–Kier alpha value is -1.40. The van der Waals surface area contributed by atoms with E-state index in [2.05, 4.69) is 4.72 Å². The van der Waals surface area contributed by atoms with Crippen molar-refractivity contribution in [3.63, 3.8) is 0 Å². The molecule has 22 heavy (non-hydrogen) atoms. The number of hydrogen-bond acceptors (Lipinski definition) is 3. The van der Waals surface area contributed by atoms with Crippen molar-refractivity contribution >= 4 is 15.9 Å². The van der Waals surface area contributed by atoms with Gasteiger partial charge in [0.2, 0.25) is 15.9 Å². The van der Waals surface area contributed by atoms with Crippen LogP contribution in [-0.4, -0.2) is 38.9 Å². The van der Waals surface area contributed by atoms with E-state index < -0.39 is 10.0 Å². The Bertz CT molecular complexity index is 624. The summed E-state index contributed by atoms with van der Waals surface area (Å²) in [7, 11) is -3.55. The highest BCUT2D eigenvalue weighted by Gasteiger charge is 2.17. The first-order chi connectivity index (χ1) is 10.1. The van der Waals surface area contributed by atoms with Gasteiger partial charge in [0.1, 0.15) is 0 Å². The first-order valence-corrected chi connectivity index (χ1v) is 8.94. The van der Waals surface area contributed by atoms with Crippen LogP contribution in [0.15, 0.2) is 23.1 Å². The van der Waals surface area contributed by atoms with Crippen LogP contribution < -0.4 is 4.72 Å². The van der Waals surface area contributed by atoms with Crippen molar-refractivity contribution in [1.29, 1.82) is 0 Å². The van der Waals surface area contributed by atoms with Crippen molar-refractivity contribution in [3.05, 3.63) is 29.3 Å². The van der Waals surface area contributed by atoms with Gasteiger partial charge in [-0.25, -0.2) is 13.1 Å². The Kier molecular flexibility index (Phi) is 6.56. The van der Waals surface area contributed by atoms with Gasteiger partial charge in [0.15, 0.2) is 0 Å². The lowest BCUT2D eigenvalue weighted by molar-refractivity contribution is -0.129. The van der Waals surface area contributed by atoms with E-state index in [1.807, 2.05) is 26.8 Å². The number of rotatable bonds is 7. The van der Waals surface area contributed by atoms with Gasteiger partial charge in [0.05, 0.1) is 4.90 Å². The molecule has 0 aliphatic carbocycles. The van der Waals surface area contributed by atoms with Crippen LogP contribution in [0.2, 0.25) is 0 Å². The topological polar surface area (TPSA) is 66.5 Å². The third kappa shape index (κ3) is 5.42. The summed E-state index contributed by atoms with van der Waals surface area (Å²) >= 11 is 0. The van der Waals surface area contributed by atoms with Crippen molar-refractivity contribution in [1.82, 2.24) is 9.62 Å². The molecule has 0 atom stereocenters. The zero-order chi connectivity index (χ0) is 16.9. The minimum atomic E-state index is -3.55. The molecule has 0 spiro atoms. The van der Waals surface area contributed by atoms with Crippen molar-refractivity contribution in [2.24, 2.45) is 5.92 Å². The van der Waals surface area contributed by atoms with Crippen LogP contribution in [-0.2, 0) is 14.8 Å². The monoisotopic (exact) mass is 326 g/mol. The molecule has 0 aliphatic rings. The molecule has 0 aliphatic heterocycles. The average Bonchev–Trinajstić information content (AvgIpc) is 2.36. The molecule has 6 heteroatoms. The Morgan fingerprint density at radius 2 is 1.91 bits per heavy atom. The third-order valence-corrected chi connectivity index (χ3v) is 4.95. The number of aryl methyl sites for hydroxylation is 2. The molecule has 1 aromatic carbocycles. The normalized spacial score (nSPS) is 11.7. The molecule has 1 aromatic rings. The maximum atomic E-state index is 12.3. The molecular formula is C16H26N2O3S. The summed E-state index contributed by atoms with van der Waals surface area (Å²) < 4.78 is 27.2. The molecule has 0 aromatic heterocycles. The second-order valence-electron chi connectivity index (χ2n) is 6.03. The molecule has 0 fully saturated rings. The number of benzene rings is 1. The van der Waals surface area contributed by atoms with E-state index in [1.54, 1.807) is 24.0 Å². The summed E-state index contributed by atoms with van der Waals surface area (Å²) in [5, 5.41) is 0. The summed E-state index contributed by atoms with van der Waals surface area (Å²) in [4.78, 5) is 13.5. The molecule has 0 heterocycles. The lowest BCUT2D eigenvalue weighted by Gasteiger charge is -2.23. The first-order valence-electron chi connectivity index (χ1n) is 7.46.